The van der Waals surface area contributed by atoms with Crippen molar-refractivity contribution in [3.63, 3.8) is 0 Å². The van der Waals surface area contributed by atoms with Crippen molar-refractivity contribution >= 4 is 21.3 Å². The lowest BCUT2D eigenvalue weighted by atomic mass is 10.0. The third-order valence-electron chi connectivity index (χ3n) is 6.89. The van der Waals surface area contributed by atoms with Gasteiger partial charge >= 0.3 is 0 Å². The number of hydrogen-bond donors (Lipinski definition) is 1. The summed E-state index contributed by atoms with van der Waals surface area (Å²) in [5, 5.41) is -0.0459. The summed E-state index contributed by atoms with van der Waals surface area (Å²) in [5.74, 6) is -2.22. The standard InChI is InChI=1S/C28H23ClF3N3O2S/c1-14-13-34-26(18-5-4-6-22(24(18)31)38(3,33)37)25(32)27(14)35-15(2)11-21(23(29)28(35)36)20-12-19(20)16-7-9-17(30)10-8-16/h4-11,13,19-20,33H,12H2,1-3H3/t19?,20-,38+/m1/s1. The molecule has 1 saturated carbocycles. The lowest BCUT2D eigenvalue weighted by Crippen LogP contribution is -2.24. The molecule has 1 N–H and O–H groups in total. The zero-order valence-electron chi connectivity index (χ0n) is 20.7. The van der Waals surface area contributed by atoms with E-state index >= 15 is 8.78 Å². The molecular weight excluding hydrogens is 535 g/mol. The van der Waals surface area contributed by atoms with Gasteiger partial charge in [0.15, 0.2) is 5.82 Å². The minimum absolute atomic E-state index is 0.0291. The molecule has 2 aromatic carbocycles. The predicted molar refractivity (Wildman–Crippen MR) is 141 cm³/mol. The number of benzene rings is 2. The van der Waals surface area contributed by atoms with Crippen LogP contribution in [-0.4, -0.2) is 20.0 Å². The van der Waals surface area contributed by atoms with Gasteiger partial charge in [-0.2, -0.15) is 0 Å². The molecule has 0 radical (unpaired) electrons. The number of pyridine rings is 2. The van der Waals surface area contributed by atoms with E-state index in [1.807, 2.05) is 0 Å². The topological polar surface area (TPSA) is 75.8 Å². The molecule has 1 aliphatic carbocycles. The Hall–Kier alpha value is -3.43. The van der Waals surface area contributed by atoms with E-state index in [2.05, 4.69) is 4.98 Å². The summed E-state index contributed by atoms with van der Waals surface area (Å²) in [6.45, 7) is 3.23. The van der Waals surface area contributed by atoms with Gasteiger partial charge in [-0.1, -0.05) is 29.8 Å². The predicted octanol–water partition coefficient (Wildman–Crippen LogP) is 6.89. The molecule has 0 saturated heterocycles. The highest BCUT2D eigenvalue weighted by Crippen LogP contribution is 2.55. The maximum Gasteiger partial charge on any atom is 0.274 e. The second kappa shape index (κ2) is 9.39. The molecule has 1 fully saturated rings. The summed E-state index contributed by atoms with van der Waals surface area (Å²) in [5.41, 5.74) is 0.951. The van der Waals surface area contributed by atoms with Gasteiger partial charge in [-0.05, 0) is 79.1 Å². The van der Waals surface area contributed by atoms with Gasteiger partial charge in [0.2, 0.25) is 0 Å². The van der Waals surface area contributed by atoms with Crippen molar-refractivity contribution in [2.45, 2.75) is 37.0 Å². The Balaban J connectivity index is 1.61. The number of halogens is 4. The third-order valence-corrected chi connectivity index (χ3v) is 8.42. The average molecular weight is 558 g/mol. The van der Waals surface area contributed by atoms with E-state index in [-0.39, 0.29) is 44.5 Å². The molecule has 0 spiro atoms. The van der Waals surface area contributed by atoms with Crippen molar-refractivity contribution in [3.8, 4) is 16.9 Å². The Kier molecular flexibility index (Phi) is 6.47. The molecule has 10 heteroatoms. The highest BCUT2D eigenvalue weighted by Gasteiger charge is 2.41. The van der Waals surface area contributed by atoms with Gasteiger partial charge < -0.3 is 0 Å². The zero-order chi connectivity index (χ0) is 27.5. The molecule has 196 valence electrons. The zero-order valence-corrected chi connectivity index (χ0v) is 22.3. The van der Waals surface area contributed by atoms with E-state index in [4.69, 9.17) is 16.4 Å². The fourth-order valence-corrected chi connectivity index (χ4v) is 5.99. The highest BCUT2D eigenvalue weighted by molar-refractivity contribution is 7.91. The van der Waals surface area contributed by atoms with Crippen molar-refractivity contribution in [2.75, 3.05) is 6.26 Å². The van der Waals surface area contributed by atoms with E-state index < -0.39 is 26.9 Å². The summed E-state index contributed by atoms with van der Waals surface area (Å²) >= 11 is 6.55. The van der Waals surface area contributed by atoms with Crippen molar-refractivity contribution < 1.29 is 17.4 Å². The van der Waals surface area contributed by atoms with E-state index in [9.17, 15) is 13.4 Å². The molecule has 2 heterocycles. The first kappa shape index (κ1) is 26.2. The van der Waals surface area contributed by atoms with E-state index in [0.717, 1.165) is 22.8 Å². The Morgan fingerprint density at radius 3 is 2.39 bits per heavy atom. The van der Waals surface area contributed by atoms with Crippen LogP contribution in [0.4, 0.5) is 13.2 Å². The molecular formula is C28H23ClF3N3O2S. The molecule has 3 atom stereocenters. The average Bonchev–Trinajstić information content (AvgIpc) is 3.64. The largest absolute Gasteiger partial charge is 0.277 e. The van der Waals surface area contributed by atoms with Gasteiger partial charge in [-0.25, -0.2) is 22.2 Å². The minimum Gasteiger partial charge on any atom is -0.277 e. The second-order valence-corrected chi connectivity index (χ2v) is 12.1. The molecule has 38 heavy (non-hydrogen) atoms. The van der Waals surface area contributed by atoms with Gasteiger partial charge in [0.05, 0.1) is 20.3 Å². The molecule has 4 aromatic rings. The number of rotatable bonds is 5. The van der Waals surface area contributed by atoms with Crippen molar-refractivity contribution in [3.05, 3.63) is 110 Å². The maximum atomic E-state index is 16.0. The number of nitrogens with zero attached hydrogens (tertiary/aromatic N) is 2. The lowest BCUT2D eigenvalue weighted by Gasteiger charge is -2.18. The first-order valence-electron chi connectivity index (χ1n) is 11.8. The number of aromatic nitrogens is 2. The van der Waals surface area contributed by atoms with Gasteiger partial charge in [-0.15, -0.1) is 0 Å². The summed E-state index contributed by atoms with van der Waals surface area (Å²) in [6.07, 6.45) is 3.14. The Morgan fingerprint density at radius 1 is 1.05 bits per heavy atom. The van der Waals surface area contributed by atoms with Gasteiger partial charge in [0.1, 0.15) is 22.4 Å². The van der Waals surface area contributed by atoms with Crippen molar-refractivity contribution in [1.82, 2.24) is 9.55 Å². The fourth-order valence-electron chi connectivity index (χ4n) is 4.92. The Morgan fingerprint density at radius 2 is 1.74 bits per heavy atom. The third kappa shape index (κ3) is 4.43. The fraction of sp³-hybridized carbons (Fsp3) is 0.214. The minimum atomic E-state index is -3.42. The van der Waals surface area contributed by atoms with E-state index in [1.54, 1.807) is 32.0 Å². The molecule has 1 aliphatic rings. The number of aryl methyl sites for hydroxylation is 2. The second-order valence-electron chi connectivity index (χ2n) is 9.61. The number of nitrogens with one attached hydrogen (secondary N) is 1. The Bertz CT molecular complexity index is 1770. The summed E-state index contributed by atoms with van der Waals surface area (Å²) < 4.78 is 65.7. The highest BCUT2D eigenvalue weighted by atomic mass is 35.5. The monoisotopic (exact) mass is 557 g/mol. The van der Waals surface area contributed by atoms with Crippen LogP contribution in [0.3, 0.4) is 0 Å². The van der Waals surface area contributed by atoms with Crippen LogP contribution in [0.2, 0.25) is 5.02 Å². The molecule has 0 aliphatic heterocycles. The lowest BCUT2D eigenvalue weighted by molar-refractivity contribution is 0.586. The van der Waals surface area contributed by atoms with Gasteiger partial charge in [0.25, 0.3) is 5.56 Å². The molecule has 5 nitrogen and oxygen atoms in total. The number of hydrogen-bond acceptors (Lipinski definition) is 4. The van der Waals surface area contributed by atoms with Crippen LogP contribution in [0.15, 0.2) is 64.4 Å². The SMILES string of the molecule is Cc1cnc(-c2cccc([S@@](C)(=N)=O)c2F)c(F)c1-n1c(C)cc([C@@H]2CC2c2ccc(F)cc2)c(Cl)c1=O. The van der Waals surface area contributed by atoms with Crippen LogP contribution in [0, 0.1) is 36.1 Å². The normalized spacial score (nSPS) is 18.3. The first-order chi connectivity index (χ1) is 17.9. The van der Waals surface area contributed by atoms with Crippen LogP contribution in [0.5, 0.6) is 0 Å². The van der Waals surface area contributed by atoms with E-state index in [1.165, 1.54) is 36.5 Å². The molecule has 5 rings (SSSR count). The summed E-state index contributed by atoms with van der Waals surface area (Å²) in [4.78, 5) is 17.2. The van der Waals surface area contributed by atoms with Crippen molar-refractivity contribution in [2.24, 2.45) is 0 Å². The van der Waals surface area contributed by atoms with Gasteiger partial charge in [-0.3, -0.25) is 14.3 Å². The summed E-state index contributed by atoms with van der Waals surface area (Å²) in [6, 6.07) is 11.8. The van der Waals surface area contributed by atoms with Gasteiger partial charge in [0, 0.05) is 23.7 Å². The smallest absolute Gasteiger partial charge is 0.274 e. The molecule has 2 aromatic heterocycles. The van der Waals surface area contributed by atoms with Crippen molar-refractivity contribution in [1.29, 1.82) is 4.78 Å². The molecule has 1 unspecified atom stereocenters. The summed E-state index contributed by atoms with van der Waals surface area (Å²) in [7, 11) is -3.42. The van der Waals surface area contributed by atoms with Crippen LogP contribution in [0.25, 0.3) is 16.9 Å². The quantitative estimate of drug-likeness (QED) is 0.290. The van der Waals surface area contributed by atoms with Crippen LogP contribution >= 0.6 is 11.6 Å². The van der Waals surface area contributed by atoms with Crippen LogP contribution in [0.1, 0.15) is 40.6 Å². The maximum absolute atomic E-state index is 16.0. The van der Waals surface area contributed by atoms with E-state index in [0.29, 0.717) is 16.8 Å². The Labute approximate surface area is 222 Å². The molecule has 0 bridgehead atoms. The molecule has 0 amide bonds. The van der Waals surface area contributed by atoms with Crippen LogP contribution < -0.4 is 5.56 Å². The van der Waals surface area contributed by atoms with Crippen LogP contribution in [-0.2, 0) is 9.73 Å². The first-order valence-corrected chi connectivity index (χ1v) is 14.1.